The van der Waals surface area contributed by atoms with E-state index in [-0.39, 0.29) is 18.1 Å². The molecule has 3 rings (SSSR count). The van der Waals surface area contributed by atoms with E-state index in [4.69, 9.17) is 14.3 Å². The Bertz CT molecular complexity index is 889. The maximum Gasteiger partial charge on any atom is 0.307 e. The second kappa shape index (κ2) is 5.64. The van der Waals surface area contributed by atoms with E-state index in [2.05, 4.69) is 0 Å². The summed E-state index contributed by atoms with van der Waals surface area (Å²) in [7, 11) is 1.54. The van der Waals surface area contributed by atoms with Gasteiger partial charge in [-0.25, -0.2) is 0 Å². The molecular formula is C17H15NO5. The molecular weight excluding hydrogens is 298 g/mol. The van der Waals surface area contributed by atoms with Crippen molar-refractivity contribution in [1.29, 1.82) is 0 Å². The van der Waals surface area contributed by atoms with Gasteiger partial charge in [0, 0.05) is 11.1 Å². The van der Waals surface area contributed by atoms with E-state index < -0.39 is 5.97 Å². The molecule has 0 bridgehead atoms. The number of aromatic nitrogens is 1. The Morgan fingerprint density at radius 2 is 2.09 bits per heavy atom. The van der Waals surface area contributed by atoms with Gasteiger partial charge in [-0.3, -0.25) is 14.2 Å². The minimum absolute atomic E-state index is 0.173. The van der Waals surface area contributed by atoms with E-state index in [1.165, 1.54) is 17.9 Å². The number of carbonyl (C=O) groups excluding carboxylic acids is 1. The summed E-state index contributed by atoms with van der Waals surface area (Å²) in [6, 6.07) is 8.43. The van der Waals surface area contributed by atoms with Gasteiger partial charge in [0.15, 0.2) is 5.76 Å². The van der Waals surface area contributed by atoms with Gasteiger partial charge in [0.1, 0.15) is 5.75 Å². The highest BCUT2D eigenvalue weighted by Gasteiger charge is 2.22. The Balaban J connectivity index is 2.27. The van der Waals surface area contributed by atoms with Crippen LogP contribution in [-0.4, -0.2) is 28.7 Å². The van der Waals surface area contributed by atoms with Gasteiger partial charge in [0.2, 0.25) is 0 Å². The number of fused-ring (bicyclic) bond motifs is 1. The van der Waals surface area contributed by atoms with Crippen LogP contribution in [0.1, 0.15) is 21.8 Å². The lowest BCUT2D eigenvalue weighted by molar-refractivity contribution is -0.136. The fourth-order valence-corrected chi connectivity index (χ4v) is 2.74. The molecule has 0 amide bonds. The summed E-state index contributed by atoms with van der Waals surface area (Å²) in [4.78, 5) is 23.9. The van der Waals surface area contributed by atoms with Gasteiger partial charge in [-0.05, 0) is 42.8 Å². The highest BCUT2D eigenvalue weighted by atomic mass is 16.5. The number of furan rings is 1. The van der Waals surface area contributed by atoms with E-state index in [0.717, 1.165) is 0 Å². The van der Waals surface area contributed by atoms with Crippen LogP contribution >= 0.6 is 0 Å². The molecule has 118 valence electrons. The molecule has 0 unspecified atom stereocenters. The van der Waals surface area contributed by atoms with E-state index in [0.29, 0.717) is 27.9 Å². The number of nitrogens with zero attached hydrogens (tertiary/aromatic N) is 1. The minimum atomic E-state index is -0.958. The lowest BCUT2D eigenvalue weighted by atomic mass is 10.1. The minimum Gasteiger partial charge on any atom is -0.497 e. The van der Waals surface area contributed by atoms with Gasteiger partial charge in [-0.2, -0.15) is 0 Å². The van der Waals surface area contributed by atoms with Crippen LogP contribution in [-0.2, 0) is 11.2 Å². The first-order valence-electron chi connectivity index (χ1n) is 7.01. The summed E-state index contributed by atoms with van der Waals surface area (Å²) < 4.78 is 11.9. The molecule has 23 heavy (non-hydrogen) atoms. The number of carbonyl (C=O) groups is 2. The average Bonchev–Trinajstić information content (AvgIpc) is 3.14. The number of carboxylic acids is 1. The molecule has 0 aliphatic carbocycles. The summed E-state index contributed by atoms with van der Waals surface area (Å²) in [6.45, 7) is 1.73. The monoisotopic (exact) mass is 313 g/mol. The molecule has 0 fully saturated rings. The number of rotatable bonds is 4. The molecule has 1 N–H and O–H groups in total. The highest BCUT2D eigenvalue weighted by molar-refractivity contribution is 6.03. The van der Waals surface area contributed by atoms with E-state index >= 15 is 0 Å². The van der Waals surface area contributed by atoms with Crippen molar-refractivity contribution in [3.8, 4) is 5.75 Å². The lowest BCUT2D eigenvalue weighted by Gasteiger charge is -2.05. The van der Waals surface area contributed by atoms with Gasteiger partial charge in [-0.1, -0.05) is 0 Å². The predicted molar refractivity (Wildman–Crippen MR) is 83.0 cm³/mol. The molecule has 0 saturated heterocycles. The fraction of sp³-hybridized carbons (Fsp3) is 0.176. The van der Waals surface area contributed by atoms with Crippen molar-refractivity contribution in [2.45, 2.75) is 13.3 Å². The summed E-state index contributed by atoms with van der Waals surface area (Å²) in [5.74, 6) is -0.492. The maximum atomic E-state index is 12.7. The normalized spacial score (nSPS) is 10.9. The highest BCUT2D eigenvalue weighted by Crippen LogP contribution is 2.30. The Morgan fingerprint density at radius 3 is 2.70 bits per heavy atom. The number of hydrogen-bond acceptors (Lipinski definition) is 4. The van der Waals surface area contributed by atoms with Crippen molar-refractivity contribution in [2.24, 2.45) is 0 Å². The molecule has 2 heterocycles. The summed E-state index contributed by atoms with van der Waals surface area (Å²) in [5.41, 5.74) is 1.80. The van der Waals surface area contributed by atoms with E-state index in [9.17, 15) is 9.59 Å². The maximum absolute atomic E-state index is 12.7. The standard InChI is InChI=1S/C17H15NO5/c1-10-12(9-16(19)20)13-8-11(22-2)5-6-14(13)18(10)17(21)15-4-3-7-23-15/h3-8H,9H2,1-2H3,(H,19,20). The zero-order chi connectivity index (χ0) is 16.6. The third-order valence-electron chi connectivity index (χ3n) is 3.80. The zero-order valence-electron chi connectivity index (χ0n) is 12.7. The second-order valence-electron chi connectivity index (χ2n) is 5.14. The molecule has 6 nitrogen and oxygen atoms in total. The smallest absolute Gasteiger partial charge is 0.307 e. The van der Waals surface area contributed by atoms with Crippen LogP contribution in [0.2, 0.25) is 0 Å². The van der Waals surface area contributed by atoms with Gasteiger partial charge < -0.3 is 14.3 Å². The van der Waals surface area contributed by atoms with E-state index in [1.54, 1.807) is 37.3 Å². The van der Waals surface area contributed by atoms with Crippen molar-refractivity contribution in [2.75, 3.05) is 7.11 Å². The molecule has 0 radical (unpaired) electrons. The molecule has 0 saturated carbocycles. The Hall–Kier alpha value is -3.02. The Labute approximate surface area is 131 Å². The molecule has 0 atom stereocenters. The van der Waals surface area contributed by atoms with Gasteiger partial charge in [0.05, 0.1) is 25.3 Å². The molecule has 3 aromatic rings. The first kappa shape index (κ1) is 14.9. The first-order chi connectivity index (χ1) is 11.0. The van der Waals surface area contributed by atoms with Crippen LogP contribution < -0.4 is 4.74 Å². The second-order valence-corrected chi connectivity index (χ2v) is 5.14. The van der Waals surface area contributed by atoms with Crippen molar-refractivity contribution >= 4 is 22.8 Å². The summed E-state index contributed by atoms with van der Waals surface area (Å²) >= 11 is 0. The predicted octanol–water partition coefficient (Wildman–Crippen LogP) is 2.87. The SMILES string of the molecule is COc1ccc2c(c1)c(CC(=O)O)c(C)n2C(=O)c1ccco1. The topological polar surface area (TPSA) is 81.7 Å². The third kappa shape index (κ3) is 2.48. The fourth-order valence-electron chi connectivity index (χ4n) is 2.74. The van der Waals surface area contributed by atoms with E-state index in [1.807, 2.05) is 0 Å². The number of methoxy groups -OCH3 is 1. The molecule has 0 aliphatic rings. The van der Waals surface area contributed by atoms with Crippen LogP contribution in [0.5, 0.6) is 5.75 Å². The van der Waals surface area contributed by atoms with Crippen LogP contribution in [0.4, 0.5) is 0 Å². The summed E-state index contributed by atoms with van der Waals surface area (Å²) in [6.07, 6.45) is 1.25. The van der Waals surface area contributed by atoms with Crippen LogP contribution in [0, 0.1) is 6.92 Å². The Kier molecular flexibility index (Phi) is 3.65. The largest absolute Gasteiger partial charge is 0.497 e. The van der Waals surface area contributed by atoms with Gasteiger partial charge in [-0.15, -0.1) is 0 Å². The van der Waals surface area contributed by atoms with Gasteiger partial charge in [0.25, 0.3) is 5.91 Å². The zero-order valence-corrected chi connectivity index (χ0v) is 12.7. The molecule has 0 spiro atoms. The average molecular weight is 313 g/mol. The lowest BCUT2D eigenvalue weighted by Crippen LogP contribution is -2.13. The Morgan fingerprint density at radius 1 is 1.30 bits per heavy atom. The number of carboxylic acid groups (broad SMARTS) is 1. The molecule has 2 aromatic heterocycles. The number of aliphatic carboxylic acids is 1. The van der Waals surface area contributed by atoms with Crippen LogP contribution in [0.25, 0.3) is 10.9 Å². The molecule has 0 aliphatic heterocycles. The molecule has 1 aromatic carbocycles. The van der Waals surface area contributed by atoms with Crippen molar-refractivity contribution < 1.29 is 23.8 Å². The molecule has 6 heteroatoms. The van der Waals surface area contributed by atoms with Crippen LogP contribution in [0.3, 0.4) is 0 Å². The first-order valence-corrected chi connectivity index (χ1v) is 7.01. The number of ether oxygens (including phenoxy) is 1. The third-order valence-corrected chi connectivity index (χ3v) is 3.80. The number of benzene rings is 1. The van der Waals surface area contributed by atoms with Crippen molar-refractivity contribution in [3.05, 3.63) is 53.6 Å². The van der Waals surface area contributed by atoms with Crippen molar-refractivity contribution in [1.82, 2.24) is 4.57 Å². The van der Waals surface area contributed by atoms with Crippen LogP contribution in [0.15, 0.2) is 41.0 Å². The number of hydrogen-bond donors (Lipinski definition) is 1. The quantitative estimate of drug-likeness (QED) is 0.801. The van der Waals surface area contributed by atoms with Crippen molar-refractivity contribution in [3.63, 3.8) is 0 Å². The van der Waals surface area contributed by atoms with Gasteiger partial charge >= 0.3 is 5.97 Å². The summed E-state index contributed by atoms with van der Waals surface area (Å²) in [5, 5.41) is 9.85.